The van der Waals surface area contributed by atoms with Gasteiger partial charge in [0.2, 0.25) is 11.8 Å². The molecule has 1 heterocycles. The average Bonchev–Trinajstić information content (AvgIpc) is 3.25. The lowest BCUT2D eigenvalue weighted by molar-refractivity contribution is -0.129. The van der Waals surface area contributed by atoms with Crippen molar-refractivity contribution in [2.75, 3.05) is 26.8 Å². The first kappa shape index (κ1) is 17.6. The second-order valence-electron chi connectivity index (χ2n) is 6.75. The molecule has 1 atom stereocenters. The Kier molecular flexibility index (Phi) is 5.79. The number of nitrogens with one attached hydrogen (secondary N) is 1. The number of benzene rings is 1. The molecule has 1 saturated heterocycles. The predicted octanol–water partition coefficient (Wildman–Crippen LogP) is 1.98. The van der Waals surface area contributed by atoms with E-state index in [4.69, 9.17) is 9.47 Å². The van der Waals surface area contributed by atoms with E-state index in [1.165, 1.54) is 12.8 Å². The standard InChI is InChI=1S/C19H26N2O4/c1-24-16-6-8-17(9-7-16)25-11-10-21-13-14(12-18(21)22)19(23)20-15-4-2-3-5-15/h6-9,14-15H,2-5,10-13H2,1H3,(H,20,23). The van der Waals surface area contributed by atoms with Crippen LogP contribution in [0.1, 0.15) is 32.1 Å². The van der Waals surface area contributed by atoms with Crippen molar-refractivity contribution in [2.24, 2.45) is 5.92 Å². The molecule has 6 nitrogen and oxygen atoms in total. The van der Waals surface area contributed by atoms with Crippen molar-refractivity contribution in [1.29, 1.82) is 0 Å². The molecule has 3 rings (SSSR count). The van der Waals surface area contributed by atoms with Crippen LogP contribution in [0.2, 0.25) is 0 Å². The van der Waals surface area contributed by atoms with Crippen molar-refractivity contribution in [3.8, 4) is 11.5 Å². The van der Waals surface area contributed by atoms with Gasteiger partial charge < -0.3 is 19.7 Å². The Bertz CT molecular complexity index is 596. The number of hydrogen-bond acceptors (Lipinski definition) is 4. The predicted molar refractivity (Wildman–Crippen MR) is 93.6 cm³/mol. The highest BCUT2D eigenvalue weighted by atomic mass is 16.5. The van der Waals surface area contributed by atoms with Crippen molar-refractivity contribution in [3.63, 3.8) is 0 Å². The molecule has 1 saturated carbocycles. The Hall–Kier alpha value is -2.24. The van der Waals surface area contributed by atoms with E-state index in [1.807, 2.05) is 24.3 Å². The van der Waals surface area contributed by atoms with Gasteiger partial charge in [0.25, 0.3) is 0 Å². The van der Waals surface area contributed by atoms with Crippen LogP contribution >= 0.6 is 0 Å². The molecule has 1 unspecified atom stereocenters. The molecule has 1 aliphatic carbocycles. The Morgan fingerprint density at radius 3 is 2.56 bits per heavy atom. The van der Waals surface area contributed by atoms with Gasteiger partial charge in [-0.2, -0.15) is 0 Å². The highest BCUT2D eigenvalue weighted by Crippen LogP contribution is 2.22. The van der Waals surface area contributed by atoms with Crippen LogP contribution in [0.5, 0.6) is 11.5 Å². The maximum Gasteiger partial charge on any atom is 0.225 e. The van der Waals surface area contributed by atoms with Crippen LogP contribution < -0.4 is 14.8 Å². The van der Waals surface area contributed by atoms with Crippen LogP contribution in [0.15, 0.2) is 24.3 Å². The highest BCUT2D eigenvalue weighted by Gasteiger charge is 2.35. The molecule has 0 spiro atoms. The molecule has 25 heavy (non-hydrogen) atoms. The minimum Gasteiger partial charge on any atom is -0.497 e. The van der Waals surface area contributed by atoms with E-state index in [0.717, 1.165) is 24.3 Å². The van der Waals surface area contributed by atoms with Gasteiger partial charge in [-0.05, 0) is 37.1 Å². The number of amides is 2. The van der Waals surface area contributed by atoms with Crippen molar-refractivity contribution in [2.45, 2.75) is 38.1 Å². The Labute approximate surface area is 148 Å². The van der Waals surface area contributed by atoms with Gasteiger partial charge in [0.05, 0.1) is 19.6 Å². The summed E-state index contributed by atoms with van der Waals surface area (Å²) >= 11 is 0. The van der Waals surface area contributed by atoms with Gasteiger partial charge in [-0.15, -0.1) is 0 Å². The SMILES string of the molecule is COc1ccc(OCCN2CC(C(=O)NC3CCCC3)CC2=O)cc1. The third-order valence-corrected chi connectivity index (χ3v) is 4.98. The molecule has 1 N–H and O–H groups in total. The maximum atomic E-state index is 12.3. The molecule has 1 aromatic rings. The fourth-order valence-corrected chi connectivity index (χ4v) is 3.50. The summed E-state index contributed by atoms with van der Waals surface area (Å²) < 4.78 is 10.8. The van der Waals surface area contributed by atoms with E-state index in [2.05, 4.69) is 5.32 Å². The number of carbonyl (C=O) groups is 2. The monoisotopic (exact) mass is 346 g/mol. The number of rotatable bonds is 7. The van der Waals surface area contributed by atoms with E-state index in [9.17, 15) is 9.59 Å². The van der Waals surface area contributed by atoms with Gasteiger partial charge in [-0.25, -0.2) is 0 Å². The molecule has 1 aromatic carbocycles. The minimum atomic E-state index is -0.228. The second kappa shape index (κ2) is 8.23. The van der Waals surface area contributed by atoms with E-state index in [0.29, 0.717) is 32.2 Å². The lowest BCUT2D eigenvalue weighted by Gasteiger charge is -2.18. The smallest absolute Gasteiger partial charge is 0.225 e. The van der Waals surface area contributed by atoms with Gasteiger partial charge in [0, 0.05) is 19.0 Å². The zero-order chi connectivity index (χ0) is 17.6. The Morgan fingerprint density at radius 1 is 1.20 bits per heavy atom. The number of nitrogens with zero attached hydrogens (tertiary/aromatic N) is 1. The van der Waals surface area contributed by atoms with E-state index in [-0.39, 0.29) is 17.7 Å². The quantitative estimate of drug-likeness (QED) is 0.820. The van der Waals surface area contributed by atoms with Crippen LogP contribution in [0.4, 0.5) is 0 Å². The Morgan fingerprint density at radius 2 is 1.88 bits per heavy atom. The van der Waals surface area contributed by atoms with Crippen molar-refractivity contribution < 1.29 is 19.1 Å². The van der Waals surface area contributed by atoms with Crippen LogP contribution in [0, 0.1) is 5.92 Å². The summed E-state index contributed by atoms with van der Waals surface area (Å²) in [5.74, 6) is 1.35. The molecule has 2 fully saturated rings. The molecular weight excluding hydrogens is 320 g/mol. The summed E-state index contributed by atoms with van der Waals surface area (Å²) in [4.78, 5) is 26.2. The van der Waals surface area contributed by atoms with Crippen LogP contribution in [-0.4, -0.2) is 49.6 Å². The first-order valence-corrected chi connectivity index (χ1v) is 9.00. The van der Waals surface area contributed by atoms with Gasteiger partial charge in [-0.1, -0.05) is 12.8 Å². The van der Waals surface area contributed by atoms with Crippen molar-refractivity contribution in [1.82, 2.24) is 10.2 Å². The average molecular weight is 346 g/mol. The largest absolute Gasteiger partial charge is 0.497 e. The van der Waals surface area contributed by atoms with Gasteiger partial charge >= 0.3 is 0 Å². The number of ether oxygens (including phenoxy) is 2. The molecule has 0 bridgehead atoms. The molecule has 6 heteroatoms. The lowest BCUT2D eigenvalue weighted by Crippen LogP contribution is -2.38. The summed E-state index contributed by atoms with van der Waals surface area (Å²) in [5.41, 5.74) is 0. The highest BCUT2D eigenvalue weighted by molar-refractivity contribution is 5.89. The minimum absolute atomic E-state index is 0.0267. The van der Waals surface area contributed by atoms with Gasteiger partial charge in [-0.3, -0.25) is 9.59 Å². The molecule has 0 radical (unpaired) electrons. The number of likely N-dealkylation sites (tertiary alicyclic amines) is 1. The summed E-state index contributed by atoms with van der Waals surface area (Å²) in [6.45, 7) is 1.40. The number of hydrogen-bond donors (Lipinski definition) is 1. The molecule has 2 amide bonds. The summed E-state index contributed by atoms with van der Waals surface area (Å²) in [7, 11) is 1.62. The third kappa shape index (κ3) is 4.65. The summed E-state index contributed by atoms with van der Waals surface area (Å²) in [6, 6.07) is 7.64. The second-order valence-corrected chi connectivity index (χ2v) is 6.75. The van der Waals surface area contributed by atoms with E-state index >= 15 is 0 Å². The number of methoxy groups -OCH3 is 1. The van der Waals surface area contributed by atoms with E-state index < -0.39 is 0 Å². The Balaban J connectivity index is 1.41. The zero-order valence-corrected chi connectivity index (χ0v) is 14.7. The number of carbonyl (C=O) groups excluding carboxylic acids is 2. The van der Waals surface area contributed by atoms with Crippen molar-refractivity contribution >= 4 is 11.8 Å². The van der Waals surface area contributed by atoms with Crippen molar-refractivity contribution in [3.05, 3.63) is 24.3 Å². The summed E-state index contributed by atoms with van der Waals surface area (Å²) in [5, 5.41) is 3.09. The van der Waals surface area contributed by atoms with E-state index in [1.54, 1.807) is 12.0 Å². The summed E-state index contributed by atoms with van der Waals surface area (Å²) in [6.07, 6.45) is 4.80. The first-order chi connectivity index (χ1) is 12.2. The molecular formula is C19H26N2O4. The topological polar surface area (TPSA) is 67.9 Å². The fourth-order valence-electron chi connectivity index (χ4n) is 3.50. The normalized spacial score (nSPS) is 20.8. The zero-order valence-electron chi connectivity index (χ0n) is 14.7. The first-order valence-electron chi connectivity index (χ1n) is 9.00. The molecule has 136 valence electrons. The third-order valence-electron chi connectivity index (χ3n) is 4.98. The molecule has 0 aromatic heterocycles. The van der Waals surface area contributed by atoms with Crippen LogP contribution in [0.25, 0.3) is 0 Å². The van der Waals surface area contributed by atoms with Crippen LogP contribution in [-0.2, 0) is 9.59 Å². The van der Waals surface area contributed by atoms with Gasteiger partial charge in [0.1, 0.15) is 18.1 Å². The molecule has 1 aliphatic heterocycles. The van der Waals surface area contributed by atoms with Gasteiger partial charge in [0.15, 0.2) is 0 Å². The molecule has 2 aliphatic rings. The fraction of sp³-hybridized carbons (Fsp3) is 0.579. The van der Waals surface area contributed by atoms with Crippen LogP contribution in [0.3, 0.4) is 0 Å². The maximum absolute atomic E-state index is 12.3. The lowest BCUT2D eigenvalue weighted by atomic mass is 10.1.